The molecule has 1 N–H and O–H groups in total. The van der Waals surface area contributed by atoms with E-state index in [1.165, 1.54) is 12.8 Å². The summed E-state index contributed by atoms with van der Waals surface area (Å²) in [5.74, 6) is 0. The van der Waals surface area contributed by atoms with Gasteiger partial charge in [0.05, 0.1) is 0 Å². The molecule has 0 radical (unpaired) electrons. The summed E-state index contributed by atoms with van der Waals surface area (Å²) in [5, 5.41) is 3.48. The van der Waals surface area contributed by atoms with Crippen LogP contribution >= 0.6 is 0 Å². The van der Waals surface area contributed by atoms with Gasteiger partial charge in [-0.2, -0.15) is 0 Å². The Morgan fingerprint density at radius 1 is 1.55 bits per heavy atom. The Hall–Kier alpha value is -0.300. The first-order valence-electron chi connectivity index (χ1n) is 4.50. The Bertz CT molecular complexity index is 203. The van der Waals surface area contributed by atoms with Crippen molar-refractivity contribution in [1.82, 2.24) is 5.32 Å². The minimum absolute atomic E-state index is 0.517. The lowest BCUT2D eigenvalue weighted by Gasteiger charge is -2.23. The average Bonchev–Trinajstić information content (AvgIpc) is 2.40. The van der Waals surface area contributed by atoms with Crippen molar-refractivity contribution < 1.29 is 0 Å². The minimum atomic E-state index is 0.517. The van der Waals surface area contributed by atoms with Gasteiger partial charge in [-0.25, -0.2) is 0 Å². The maximum Gasteiger partial charge on any atom is 0.0411 e. The molecule has 1 heteroatoms. The predicted molar refractivity (Wildman–Crippen MR) is 47.5 cm³/mol. The topological polar surface area (TPSA) is 21.9 Å². The van der Waals surface area contributed by atoms with Crippen molar-refractivity contribution in [3.8, 4) is 0 Å². The van der Waals surface area contributed by atoms with E-state index >= 15 is 0 Å². The van der Waals surface area contributed by atoms with Crippen LogP contribution in [0.2, 0.25) is 0 Å². The van der Waals surface area contributed by atoms with Crippen LogP contribution in [0.5, 0.6) is 0 Å². The molecular formula is C10H17N. The molecule has 1 saturated heterocycles. The Labute approximate surface area is 68.9 Å². The van der Waals surface area contributed by atoms with Crippen LogP contribution in [0.3, 0.4) is 0 Å². The van der Waals surface area contributed by atoms with Crippen molar-refractivity contribution in [3.63, 3.8) is 0 Å². The van der Waals surface area contributed by atoms with Crippen LogP contribution in [0.4, 0.5) is 0 Å². The molecule has 1 fully saturated rings. The number of nitrogens with one attached hydrogen (secondary N) is 1. The molecule has 0 amide bonds. The summed E-state index contributed by atoms with van der Waals surface area (Å²) < 4.78 is 0. The van der Waals surface area contributed by atoms with Gasteiger partial charge in [0, 0.05) is 12.1 Å². The third kappa shape index (κ3) is 1.48. The quantitative estimate of drug-likeness (QED) is 0.415. The summed E-state index contributed by atoms with van der Waals surface area (Å²) in [6, 6.07) is 1.51. The van der Waals surface area contributed by atoms with Crippen molar-refractivity contribution in [2.24, 2.45) is 5.41 Å². The number of rotatable bonds is 0. The third-order valence-corrected chi connectivity index (χ3v) is 2.72. The van der Waals surface area contributed by atoms with Gasteiger partial charge in [0.2, 0.25) is 0 Å². The van der Waals surface area contributed by atoms with Crippen LogP contribution in [0, 0.1) is 5.41 Å². The van der Waals surface area contributed by atoms with E-state index in [-0.39, 0.29) is 0 Å². The molecule has 62 valence electrons. The SMILES string of the molecule is CC1=CC2NC2CC(C)(C)C1. The first-order valence-corrected chi connectivity index (χ1v) is 4.50. The van der Waals surface area contributed by atoms with Gasteiger partial charge in [0.1, 0.15) is 0 Å². The molecular weight excluding hydrogens is 134 g/mol. The highest BCUT2D eigenvalue weighted by atomic mass is 15.1. The third-order valence-electron chi connectivity index (χ3n) is 2.72. The monoisotopic (exact) mass is 151 g/mol. The lowest BCUT2D eigenvalue weighted by molar-refractivity contribution is 0.333. The van der Waals surface area contributed by atoms with Gasteiger partial charge in [0.15, 0.2) is 0 Å². The average molecular weight is 151 g/mol. The first kappa shape index (κ1) is 7.35. The molecule has 1 aliphatic heterocycles. The Morgan fingerprint density at radius 2 is 2.27 bits per heavy atom. The minimum Gasteiger partial charge on any atom is -0.304 e. The van der Waals surface area contributed by atoms with Gasteiger partial charge in [0.25, 0.3) is 0 Å². The van der Waals surface area contributed by atoms with Gasteiger partial charge in [-0.1, -0.05) is 25.5 Å². The number of hydrogen-bond acceptors (Lipinski definition) is 1. The molecule has 2 unspecified atom stereocenters. The van der Waals surface area contributed by atoms with Gasteiger partial charge in [-0.3, -0.25) is 0 Å². The molecule has 0 bridgehead atoms. The molecule has 0 aromatic heterocycles. The number of allylic oxidation sites excluding steroid dienone is 1. The van der Waals surface area contributed by atoms with Crippen molar-refractivity contribution in [2.45, 2.75) is 45.7 Å². The van der Waals surface area contributed by atoms with Crippen molar-refractivity contribution in [1.29, 1.82) is 0 Å². The molecule has 1 aliphatic carbocycles. The fourth-order valence-electron chi connectivity index (χ4n) is 2.33. The fraction of sp³-hybridized carbons (Fsp3) is 0.800. The fourth-order valence-corrected chi connectivity index (χ4v) is 2.33. The van der Waals surface area contributed by atoms with Gasteiger partial charge in [-0.15, -0.1) is 0 Å². The molecule has 11 heavy (non-hydrogen) atoms. The Balaban J connectivity index is 2.17. The van der Waals surface area contributed by atoms with Gasteiger partial charge in [-0.05, 0) is 25.2 Å². The molecule has 0 aromatic carbocycles. The van der Waals surface area contributed by atoms with Crippen LogP contribution in [-0.2, 0) is 0 Å². The maximum atomic E-state index is 3.48. The molecule has 2 atom stereocenters. The summed E-state index contributed by atoms with van der Waals surface area (Å²) in [6.45, 7) is 6.99. The van der Waals surface area contributed by atoms with Gasteiger partial charge < -0.3 is 5.32 Å². The first-order chi connectivity index (χ1) is 5.07. The molecule has 1 nitrogen and oxygen atoms in total. The Morgan fingerprint density at radius 3 is 3.00 bits per heavy atom. The van der Waals surface area contributed by atoms with Crippen LogP contribution in [0.15, 0.2) is 11.6 Å². The van der Waals surface area contributed by atoms with Crippen LogP contribution in [0.25, 0.3) is 0 Å². The molecule has 2 aliphatic rings. The second-order valence-electron chi connectivity index (χ2n) is 4.86. The van der Waals surface area contributed by atoms with Crippen LogP contribution in [0.1, 0.15) is 33.6 Å². The lowest BCUT2D eigenvalue weighted by Crippen LogP contribution is -2.14. The second kappa shape index (κ2) is 2.10. The van der Waals surface area contributed by atoms with Crippen molar-refractivity contribution in [3.05, 3.63) is 11.6 Å². The van der Waals surface area contributed by atoms with Crippen molar-refractivity contribution in [2.75, 3.05) is 0 Å². The summed E-state index contributed by atoms with van der Waals surface area (Å²) in [5.41, 5.74) is 2.08. The van der Waals surface area contributed by atoms with E-state index in [1.807, 2.05) is 0 Å². The maximum absolute atomic E-state index is 3.48. The summed E-state index contributed by atoms with van der Waals surface area (Å²) in [4.78, 5) is 0. The number of fused-ring (bicyclic) bond motifs is 1. The zero-order valence-corrected chi connectivity index (χ0v) is 7.65. The van der Waals surface area contributed by atoms with E-state index in [9.17, 15) is 0 Å². The zero-order chi connectivity index (χ0) is 8.06. The van der Waals surface area contributed by atoms with E-state index in [4.69, 9.17) is 0 Å². The van der Waals surface area contributed by atoms with Crippen LogP contribution < -0.4 is 5.32 Å². The highest BCUT2D eigenvalue weighted by molar-refractivity contribution is 5.20. The Kier molecular flexibility index (Phi) is 1.40. The standard InChI is InChI=1S/C10H17N/c1-7-4-8-9(11-8)6-10(2,3)5-7/h4,8-9,11H,5-6H2,1-3H3. The smallest absolute Gasteiger partial charge is 0.0411 e. The highest BCUT2D eigenvalue weighted by Crippen LogP contribution is 2.38. The van der Waals surface area contributed by atoms with E-state index < -0.39 is 0 Å². The summed E-state index contributed by atoms with van der Waals surface area (Å²) >= 11 is 0. The lowest BCUT2D eigenvalue weighted by atomic mass is 9.83. The van der Waals surface area contributed by atoms with E-state index in [1.54, 1.807) is 5.57 Å². The van der Waals surface area contributed by atoms with Crippen LogP contribution in [-0.4, -0.2) is 12.1 Å². The molecule has 0 aromatic rings. The molecule has 2 rings (SSSR count). The highest BCUT2D eigenvalue weighted by Gasteiger charge is 2.40. The molecule has 1 heterocycles. The molecule has 0 saturated carbocycles. The summed E-state index contributed by atoms with van der Waals surface area (Å²) in [6.07, 6.45) is 5.02. The number of hydrogen-bond donors (Lipinski definition) is 1. The zero-order valence-electron chi connectivity index (χ0n) is 7.65. The van der Waals surface area contributed by atoms with Crippen molar-refractivity contribution >= 4 is 0 Å². The second-order valence-corrected chi connectivity index (χ2v) is 4.86. The van der Waals surface area contributed by atoms with Gasteiger partial charge >= 0.3 is 0 Å². The normalized spacial score (nSPS) is 40.5. The molecule has 0 spiro atoms. The van der Waals surface area contributed by atoms with E-state index in [0.717, 1.165) is 12.1 Å². The van der Waals surface area contributed by atoms with E-state index in [0.29, 0.717) is 5.41 Å². The predicted octanol–water partition coefficient (Wildman–Crippen LogP) is 2.09. The summed E-state index contributed by atoms with van der Waals surface area (Å²) in [7, 11) is 0. The van der Waals surface area contributed by atoms with E-state index in [2.05, 4.69) is 32.2 Å². The largest absolute Gasteiger partial charge is 0.304 e.